The van der Waals surface area contributed by atoms with E-state index in [9.17, 15) is 43.2 Å². The molecule has 0 aromatic rings. The number of carbonyl (C=O) groups is 4. The Morgan fingerprint density at radius 1 is 0.283 bits per heavy atom. The Morgan fingerprint density at radius 3 is 0.849 bits per heavy atom. The minimum Gasteiger partial charge on any atom is -0.462 e. The molecule has 0 spiro atoms. The number of rotatable bonds is 72. The van der Waals surface area contributed by atoms with E-state index in [0.29, 0.717) is 25.7 Å². The van der Waals surface area contributed by atoms with Gasteiger partial charge < -0.3 is 33.8 Å². The molecule has 0 rings (SSSR count). The summed E-state index contributed by atoms with van der Waals surface area (Å²) in [6, 6.07) is 0. The van der Waals surface area contributed by atoms with Gasteiger partial charge in [0.1, 0.15) is 19.3 Å². The van der Waals surface area contributed by atoms with E-state index in [-0.39, 0.29) is 25.7 Å². The highest BCUT2D eigenvalue weighted by Gasteiger charge is 2.30. The molecular formula is C87H138O17P2. The van der Waals surface area contributed by atoms with E-state index in [2.05, 4.69) is 198 Å². The molecule has 0 saturated carbocycles. The fraction of sp³-hybridized carbons (Fsp3) is 0.586. The second-order valence-corrected chi connectivity index (χ2v) is 28.4. The van der Waals surface area contributed by atoms with Gasteiger partial charge in [-0.05, 0) is 161 Å². The minimum absolute atomic E-state index is 0.0511. The van der Waals surface area contributed by atoms with Crippen molar-refractivity contribution in [2.24, 2.45) is 0 Å². The molecule has 0 radical (unpaired) electrons. The van der Waals surface area contributed by atoms with Crippen LogP contribution in [0.1, 0.15) is 272 Å². The fourth-order valence-electron chi connectivity index (χ4n) is 9.64. The molecule has 5 atom stereocenters. The summed E-state index contributed by atoms with van der Waals surface area (Å²) in [6.45, 7) is 4.25. The normalized spacial score (nSPS) is 14.9. The van der Waals surface area contributed by atoms with Crippen LogP contribution < -0.4 is 0 Å². The molecule has 0 aliphatic rings. The van der Waals surface area contributed by atoms with Crippen molar-refractivity contribution in [2.45, 2.75) is 290 Å². The summed E-state index contributed by atoms with van der Waals surface area (Å²) in [5.74, 6) is -2.41. The van der Waals surface area contributed by atoms with Crippen LogP contribution in [0.15, 0.2) is 194 Å². The molecule has 0 aliphatic carbocycles. The summed E-state index contributed by atoms with van der Waals surface area (Å²) < 4.78 is 68.4. The second kappa shape index (κ2) is 77.1. The van der Waals surface area contributed by atoms with Crippen molar-refractivity contribution in [3.05, 3.63) is 194 Å². The Labute approximate surface area is 640 Å². The third-order valence-corrected chi connectivity index (χ3v) is 17.5. The maximum absolute atomic E-state index is 13.1. The molecule has 0 aliphatic heterocycles. The number of hydrogen-bond acceptors (Lipinski definition) is 15. The third kappa shape index (κ3) is 76.1. The Hall–Kier alpha value is -6.10. The fourth-order valence-corrected chi connectivity index (χ4v) is 11.2. The van der Waals surface area contributed by atoms with E-state index in [1.165, 1.54) is 0 Å². The number of phosphoric ester groups is 2. The van der Waals surface area contributed by atoms with Crippen LogP contribution in [0.4, 0.5) is 0 Å². The molecule has 0 saturated heterocycles. The number of esters is 4. The number of aliphatic hydroxyl groups excluding tert-OH is 1. The van der Waals surface area contributed by atoms with Crippen molar-refractivity contribution in [2.75, 3.05) is 39.6 Å². The lowest BCUT2D eigenvalue weighted by atomic mass is 10.1. The Balaban J connectivity index is 5.50. The van der Waals surface area contributed by atoms with Gasteiger partial charge in [-0.1, -0.05) is 280 Å². The van der Waals surface area contributed by atoms with Gasteiger partial charge in [0.2, 0.25) is 0 Å². The zero-order chi connectivity index (χ0) is 77.4. The molecule has 0 aromatic carbocycles. The number of hydrogen-bond donors (Lipinski definition) is 3. The van der Waals surface area contributed by atoms with Gasteiger partial charge in [-0.15, -0.1) is 0 Å². The zero-order valence-electron chi connectivity index (χ0n) is 65.3. The van der Waals surface area contributed by atoms with Crippen molar-refractivity contribution in [3.63, 3.8) is 0 Å². The first-order chi connectivity index (χ1) is 51.7. The van der Waals surface area contributed by atoms with Crippen molar-refractivity contribution < 1.29 is 80.2 Å². The van der Waals surface area contributed by atoms with Gasteiger partial charge in [0.05, 0.1) is 32.8 Å². The van der Waals surface area contributed by atoms with Crippen LogP contribution in [0.3, 0.4) is 0 Å². The van der Waals surface area contributed by atoms with Gasteiger partial charge in [-0.2, -0.15) is 0 Å². The summed E-state index contributed by atoms with van der Waals surface area (Å²) >= 11 is 0. The van der Waals surface area contributed by atoms with Crippen LogP contribution in [0.2, 0.25) is 0 Å². The third-order valence-electron chi connectivity index (χ3n) is 15.5. The number of phosphoric acid groups is 2. The molecular weight excluding hydrogens is 1380 g/mol. The number of unbranched alkanes of at least 4 members (excludes halogenated alkanes) is 15. The van der Waals surface area contributed by atoms with E-state index >= 15 is 0 Å². The lowest BCUT2D eigenvalue weighted by Crippen LogP contribution is -2.30. The first-order valence-corrected chi connectivity index (χ1v) is 42.7. The number of ether oxygens (including phenoxy) is 4. The van der Waals surface area contributed by atoms with Crippen molar-refractivity contribution in [1.29, 1.82) is 0 Å². The Kier molecular flexibility index (Phi) is 72.6. The molecule has 598 valence electrons. The zero-order valence-corrected chi connectivity index (χ0v) is 67.1. The Bertz CT molecular complexity index is 2780. The highest BCUT2D eigenvalue weighted by molar-refractivity contribution is 7.47. The first kappa shape index (κ1) is 99.9. The lowest BCUT2D eigenvalue weighted by Gasteiger charge is -2.21. The molecule has 3 N–H and O–H groups in total. The quantitative estimate of drug-likeness (QED) is 0.0169. The standard InChI is InChI=1S/C87H138O17P2/c1-5-9-13-17-21-25-29-33-36-38-40-42-45-49-52-56-60-64-68-72-85(90)98-78-83(104-87(92)74-70-66-62-58-54-50-46-43-41-39-37-34-30-26-22-18-14-10-6-2)80-102-106(95,96)100-76-81(88)75-99-105(93,94)101-79-82(103-86(91)73-69-65-61-57-53-47-32-28-24-20-16-12-8-4)77-97-84(89)71-67-63-59-55-51-48-44-35-31-27-23-19-15-11-7-3/h9-11,13-16,20-23,25-28,32-37,40-44,49,51-52,55,63,67,81-83,88H,5-8,12,17-19,24,29-31,38-39,45-48,50,53-54,56-62,64-66,68-80H2,1-4H3,(H,93,94)(H,95,96)/b13-9-,14-10-,15-11-,20-16-,25-21-,26-22-,27-23-,32-28-,36-33-,37-34-,42-40-,43-41-,44-35-,52-49-,55-51-,67-63-. The number of allylic oxidation sites excluding steroid dienone is 31. The molecule has 0 bridgehead atoms. The van der Waals surface area contributed by atoms with Crippen LogP contribution in [0.25, 0.3) is 0 Å². The van der Waals surface area contributed by atoms with Gasteiger partial charge in [0, 0.05) is 19.3 Å². The largest absolute Gasteiger partial charge is 0.472 e. The van der Waals surface area contributed by atoms with Crippen LogP contribution in [-0.4, -0.2) is 96.7 Å². The van der Waals surface area contributed by atoms with Crippen LogP contribution >= 0.6 is 15.6 Å². The molecule has 0 fully saturated rings. The predicted octanol–water partition coefficient (Wildman–Crippen LogP) is 23.3. The van der Waals surface area contributed by atoms with E-state index in [1.54, 1.807) is 6.08 Å². The maximum Gasteiger partial charge on any atom is 0.472 e. The predicted molar refractivity (Wildman–Crippen MR) is 436 cm³/mol. The molecule has 0 amide bonds. The van der Waals surface area contributed by atoms with Crippen LogP contribution in [-0.2, 0) is 65.4 Å². The van der Waals surface area contributed by atoms with Gasteiger partial charge >= 0.3 is 39.5 Å². The van der Waals surface area contributed by atoms with Gasteiger partial charge in [-0.25, -0.2) is 9.13 Å². The van der Waals surface area contributed by atoms with E-state index in [1.807, 2.05) is 18.2 Å². The van der Waals surface area contributed by atoms with Gasteiger partial charge in [0.15, 0.2) is 12.2 Å². The smallest absolute Gasteiger partial charge is 0.462 e. The highest BCUT2D eigenvalue weighted by atomic mass is 31.2. The Morgan fingerprint density at radius 2 is 0.528 bits per heavy atom. The summed E-state index contributed by atoms with van der Waals surface area (Å²) in [5, 5.41) is 10.6. The summed E-state index contributed by atoms with van der Waals surface area (Å²) in [5.41, 5.74) is 0. The van der Waals surface area contributed by atoms with Gasteiger partial charge in [-0.3, -0.25) is 37.3 Å². The summed E-state index contributed by atoms with van der Waals surface area (Å²) in [6.07, 6.45) is 94.4. The van der Waals surface area contributed by atoms with Crippen LogP contribution in [0.5, 0.6) is 0 Å². The van der Waals surface area contributed by atoms with Crippen LogP contribution in [0, 0.1) is 0 Å². The average molecular weight is 1520 g/mol. The number of carbonyl (C=O) groups excluding carboxylic acids is 4. The molecule has 19 heteroatoms. The van der Waals surface area contributed by atoms with E-state index in [0.717, 1.165) is 193 Å². The summed E-state index contributed by atoms with van der Waals surface area (Å²) in [4.78, 5) is 73.0. The lowest BCUT2D eigenvalue weighted by molar-refractivity contribution is -0.161. The van der Waals surface area contributed by atoms with E-state index < -0.39 is 97.5 Å². The maximum atomic E-state index is 13.1. The molecule has 5 unspecified atom stereocenters. The van der Waals surface area contributed by atoms with Crippen molar-refractivity contribution in [3.8, 4) is 0 Å². The molecule has 0 aromatic heterocycles. The minimum atomic E-state index is -5.01. The first-order valence-electron chi connectivity index (χ1n) is 39.7. The van der Waals surface area contributed by atoms with E-state index in [4.69, 9.17) is 37.0 Å². The van der Waals surface area contributed by atoms with Gasteiger partial charge in [0.25, 0.3) is 0 Å². The number of aliphatic hydroxyl groups is 1. The average Bonchev–Trinajstić information content (AvgIpc) is 0.903. The monoisotopic (exact) mass is 1520 g/mol. The second-order valence-electron chi connectivity index (χ2n) is 25.5. The summed E-state index contributed by atoms with van der Waals surface area (Å²) in [7, 11) is -10.0. The molecule has 106 heavy (non-hydrogen) atoms. The highest BCUT2D eigenvalue weighted by Crippen LogP contribution is 2.45. The SMILES string of the molecule is CC/C=C\C/C=C\C/C=C\C/C=C\C/C=C\CCCCCC(=O)OCC(COP(=O)(O)OCC(O)COP(=O)(O)OCC(COC(=O)C/C=C\C/C=C\C/C=C\C/C=C\C/C=C\CC)OC(=O)CCCCCCC/C=C\C/C=C\CCC)OC(=O)CCCCCCCC/C=C\C/C=C\C/C=C\C/C=C\CC. The topological polar surface area (TPSA) is 237 Å². The molecule has 17 nitrogen and oxygen atoms in total. The van der Waals surface area contributed by atoms with Crippen molar-refractivity contribution >= 4 is 39.5 Å². The molecule has 0 heterocycles. The van der Waals surface area contributed by atoms with Crippen molar-refractivity contribution in [1.82, 2.24) is 0 Å².